The Morgan fingerprint density at radius 3 is 2.08 bits per heavy atom. The molecule has 3 atom stereocenters. The van der Waals surface area contributed by atoms with E-state index in [4.69, 9.17) is 51.1 Å². The number of esters is 1. The summed E-state index contributed by atoms with van der Waals surface area (Å²) in [7, 11) is -4.14. The number of imide groups is 1. The molecule has 2 amide bonds. The van der Waals surface area contributed by atoms with Gasteiger partial charge >= 0.3 is 5.97 Å². The minimum absolute atomic E-state index is 0.00426. The Bertz CT molecular complexity index is 2090. The molecule has 1 saturated carbocycles. The van der Waals surface area contributed by atoms with Crippen LogP contribution in [-0.2, 0) is 20.2 Å². The fraction of sp³-hybridized carbons (Fsp3) is 0.405. The maximum absolute atomic E-state index is 13.9. The number of hydrogen-bond acceptors (Lipinski definition) is 6. The lowest BCUT2D eigenvalue weighted by atomic mass is 9.49. The summed E-state index contributed by atoms with van der Waals surface area (Å²) in [5.74, 6) is -1.69. The molecule has 0 bridgehead atoms. The molecule has 1 heterocycles. The number of ether oxygens (including phenoxy) is 1. The molecular formula is C37H36Cl4N2O6S. The zero-order valence-electron chi connectivity index (χ0n) is 28.4. The predicted octanol–water partition coefficient (Wildman–Crippen LogP) is 9.60. The fourth-order valence-electron chi connectivity index (χ4n) is 8.16. The van der Waals surface area contributed by atoms with Crippen LogP contribution in [0.4, 0.5) is 0 Å². The molecule has 6 rings (SSSR count). The average Bonchev–Trinajstić information content (AvgIpc) is 3.28. The van der Waals surface area contributed by atoms with Gasteiger partial charge in [0.25, 0.3) is 21.8 Å². The molecule has 13 heteroatoms. The number of halogens is 4. The summed E-state index contributed by atoms with van der Waals surface area (Å²) in [5, 5.41) is -0.505. The molecule has 0 aromatic heterocycles. The van der Waals surface area contributed by atoms with Crippen LogP contribution < -0.4 is 4.74 Å². The van der Waals surface area contributed by atoms with Crippen LogP contribution in [0.15, 0.2) is 45.7 Å². The highest BCUT2D eigenvalue weighted by Gasteiger charge is 2.56. The number of amides is 2. The highest BCUT2D eigenvalue weighted by Crippen LogP contribution is 2.59. The molecular weight excluding hydrogens is 742 g/mol. The zero-order valence-corrected chi connectivity index (χ0v) is 32.3. The van der Waals surface area contributed by atoms with Crippen molar-refractivity contribution in [2.24, 2.45) is 15.7 Å². The third-order valence-corrected chi connectivity index (χ3v) is 13.8. The van der Waals surface area contributed by atoms with Crippen molar-refractivity contribution in [3.63, 3.8) is 0 Å². The molecule has 0 radical (unpaired) electrons. The Balaban J connectivity index is 1.52. The van der Waals surface area contributed by atoms with Crippen LogP contribution in [0.2, 0.25) is 20.1 Å². The molecule has 1 aliphatic heterocycles. The topological polar surface area (TPSA) is 110 Å². The number of rotatable bonds is 6. The number of carbonyl (C=O) groups is 3. The Kier molecular flexibility index (Phi) is 9.52. The van der Waals surface area contributed by atoms with E-state index in [1.807, 2.05) is 39.8 Å². The van der Waals surface area contributed by atoms with Gasteiger partial charge in [0.1, 0.15) is 5.75 Å². The van der Waals surface area contributed by atoms with Gasteiger partial charge in [0.15, 0.2) is 0 Å². The summed E-state index contributed by atoms with van der Waals surface area (Å²) in [6, 6.07) is 10.3. The number of fused-ring (bicyclic) bond motifs is 4. The number of nitrogens with zero attached hydrogens (tertiary/aromatic N) is 2. The van der Waals surface area contributed by atoms with Crippen LogP contribution in [-0.4, -0.2) is 43.4 Å². The van der Waals surface area contributed by atoms with E-state index in [0.29, 0.717) is 23.4 Å². The summed E-state index contributed by atoms with van der Waals surface area (Å²) < 4.78 is 38.0. The summed E-state index contributed by atoms with van der Waals surface area (Å²) in [5.41, 5.74) is 2.00. The lowest BCUT2D eigenvalue weighted by molar-refractivity contribution is -0.131. The number of carbonyl (C=O) groups excluding carboxylic acids is 3. The van der Waals surface area contributed by atoms with E-state index < -0.39 is 38.6 Å². The molecule has 3 aromatic rings. The van der Waals surface area contributed by atoms with Crippen molar-refractivity contribution in [1.29, 1.82) is 0 Å². The standard InChI is InChI=1S/C37H36Cl4N2O6S/c1-18(2)22-14-23-24(15-26(22)49-20(4)44)37(6)13-7-12-36(5,27(37)16-25(23)42-50(47,48)21-10-8-19(3)9-11-21)17-43-34(45)28-29(35(43)46)31(39)33(41)32(40)30(28)38/h8-11,14-15,18,27H,7,12-13,16-17H2,1-6H3/t27-,36-,37+/m0/s1. The lowest BCUT2D eigenvalue weighted by Gasteiger charge is -2.56. The van der Waals surface area contributed by atoms with Gasteiger partial charge in [0.05, 0.1) is 41.8 Å². The van der Waals surface area contributed by atoms with E-state index >= 15 is 0 Å². The highest BCUT2D eigenvalue weighted by atomic mass is 35.5. The molecule has 3 aliphatic rings. The maximum atomic E-state index is 13.9. The third-order valence-electron chi connectivity index (χ3n) is 10.7. The summed E-state index contributed by atoms with van der Waals surface area (Å²) in [6.07, 6.45) is 2.34. The van der Waals surface area contributed by atoms with Gasteiger partial charge < -0.3 is 4.74 Å². The SMILES string of the molecule is CC(=O)Oc1cc2c(cc1C(C)C)C(=NS(=O)(=O)c1ccc(C)cc1)C[C@H]1[C@](C)(CN3C(=O)c4c(Cl)c(Cl)c(Cl)c(Cl)c4C3=O)CCC[C@]21C. The summed E-state index contributed by atoms with van der Waals surface area (Å²) in [6.45, 7) is 11.3. The van der Waals surface area contributed by atoms with Crippen molar-refractivity contribution < 1.29 is 27.5 Å². The molecule has 0 spiro atoms. The van der Waals surface area contributed by atoms with Gasteiger partial charge in [-0.2, -0.15) is 12.8 Å². The number of hydrogen-bond donors (Lipinski definition) is 0. The minimum atomic E-state index is -4.14. The van der Waals surface area contributed by atoms with Crippen LogP contribution in [0.3, 0.4) is 0 Å². The molecule has 0 N–H and O–H groups in total. The Morgan fingerprint density at radius 2 is 1.54 bits per heavy atom. The number of benzene rings is 3. The van der Waals surface area contributed by atoms with Gasteiger partial charge in [0.2, 0.25) is 0 Å². The first kappa shape index (κ1) is 36.8. The van der Waals surface area contributed by atoms with Crippen LogP contribution in [0, 0.1) is 18.3 Å². The number of aryl methyl sites for hydroxylation is 1. The van der Waals surface area contributed by atoms with E-state index in [9.17, 15) is 22.8 Å². The smallest absolute Gasteiger partial charge is 0.308 e. The Hall–Kier alpha value is -2.95. The summed E-state index contributed by atoms with van der Waals surface area (Å²) in [4.78, 5) is 41.2. The normalized spacial score (nSPS) is 24.0. The molecule has 264 valence electrons. The maximum Gasteiger partial charge on any atom is 0.308 e. The predicted molar refractivity (Wildman–Crippen MR) is 196 cm³/mol. The first-order valence-electron chi connectivity index (χ1n) is 16.3. The van der Waals surface area contributed by atoms with Crippen LogP contribution in [0.5, 0.6) is 5.75 Å². The largest absolute Gasteiger partial charge is 0.426 e. The molecule has 2 aliphatic carbocycles. The van der Waals surface area contributed by atoms with Crippen LogP contribution in [0.25, 0.3) is 0 Å². The Labute approximate surface area is 312 Å². The van der Waals surface area contributed by atoms with Gasteiger partial charge in [-0.15, -0.1) is 0 Å². The Morgan fingerprint density at radius 1 is 0.960 bits per heavy atom. The summed E-state index contributed by atoms with van der Waals surface area (Å²) >= 11 is 25.5. The molecule has 0 unspecified atom stereocenters. The van der Waals surface area contributed by atoms with Gasteiger partial charge in [-0.1, -0.05) is 98.2 Å². The second-order valence-electron chi connectivity index (χ2n) is 14.4. The first-order chi connectivity index (χ1) is 23.3. The van der Waals surface area contributed by atoms with Crippen molar-refractivity contribution in [2.45, 2.75) is 83.5 Å². The fourth-order valence-corrected chi connectivity index (χ4v) is 10.2. The molecule has 0 saturated heterocycles. The van der Waals surface area contributed by atoms with E-state index in [1.54, 1.807) is 12.1 Å². The van der Waals surface area contributed by atoms with Crippen molar-refractivity contribution in [1.82, 2.24) is 4.90 Å². The molecule has 8 nitrogen and oxygen atoms in total. The van der Waals surface area contributed by atoms with Crippen molar-refractivity contribution in [3.05, 3.63) is 89.9 Å². The second-order valence-corrected chi connectivity index (χ2v) is 17.5. The van der Waals surface area contributed by atoms with E-state index in [1.165, 1.54) is 19.1 Å². The zero-order chi connectivity index (χ0) is 36.7. The highest BCUT2D eigenvalue weighted by molar-refractivity contribution is 7.90. The first-order valence-corrected chi connectivity index (χ1v) is 19.3. The van der Waals surface area contributed by atoms with Crippen LogP contribution in [0.1, 0.15) is 109 Å². The lowest BCUT2D eigenvalue weighted by Crippen LogP contribution is -2.55. The molecule has 3 aromatic carbocycles. The minimum Gasteiger partial charge on any atom is -0.426 e. The number of sulfonamides is 1. The van der Waals surface area contributed by atoms with E-state index in [2.05, 4.69) is 11.3 Å². The molecule has 50 heavy (non-hydrogen) atoms. The monoisotopic (exact) mass is 776 g/mol. The van der Waals surface area contributed by atoms with Gasteiger partial charge in [-0.05, 0) is 84.2 Å². The quantitative estimate of drug-likeness (QED) is 0.0811. The van der Waals surface area contributed by atoms with Crippen molar-refractivity contribution in [3.8, 4) is 5.75 Å². The second kappa shape index (κ2) is 12.9. The third kappa shape index (κ3) is 5.97. The van der Waals surface area contributed by atoms with Gasteiger partial charge in [-0.25, -0.2) is 0 Å². The van der Waals surface area contributed by atoms with Crippen molar-refractivity contribution >= 4 is 79.9 Å². The van der Waals surface area contributed by atoms with Gasteiger partial charge in [-0.3, -0.25) is 19.3 Å². The van der Waals surface area contributed by atoms with Crippen LogP contribution >= 0.6 is 46.4 Å². The van der Waals surface area contributed by atoms with E-state index in [-0.39, 0.29) is 60.9 Å². The molecule has 1 fully saturated rings. The van der Waals surface area contributed by atoms with Gasteiger partial charge in [0, 0.05) is 19.0 Å². The van der Waals surface area contributed by atoms with Crippen molar-refractivity contribution in [2.75, 3.05) is 6.54 Å². The average molecular weight is 779 g/mol. The van der Waals surface area contributed by atoms with E-state index in [0.717, 1.165) is 34.4 Å².